The van der Waals surface area contributed by atoms with E-state index in [0.29, 0.717) is 5.69 Å². The summed E-state index contributed by atoms with van der Waals surface area (Å²) in [4.78, 5) is 12.1. The van der Waals surface area contributed by atoms with Crippen LogP contribution in [-0.4, -0.2) is 34.0 Å². The van der Waals surface area contributed by atoms with Crippen LogP contribution in [0.1, 0.15) is 22.1 Å². The maximum absolute atomic E-state index is 13.2. The third-order valence-corrected chi connectivity index (χ3v) is 3.32. The normalized spacial score (nSPS) is 14.9. The Morgan fingerprint density at radius 2 is 2.30 bits per heavy atom. The lowest BCUT2D eigenvalue weighted by Crippen LogP contribution is -2.43. The fourth-order valence-corrected chi connectivity index (χ4v) is 1.93. The average Bonchev–Trinajstić information content (AvgIpc) is 2.81. The molecular weight excluding hydrogens is 261 g/mol. The molecule has 3 rings (SSSR count). The molecule has 0 bridgehead atoms. The van der Waals surface area contributed by atoms with Gasteiger partial charge in [-0.05, 0) is 24.6 Å². The number of nitrogens with zero attached hydrogens (tertiary/aromatic N) is 3. The van der Waals surface area contributed by atoms with Crippen molar-refractivity contribution in [3.8, 4) is 0 Å². The monoisotopic (exact) mass is 275 g/mol. The topological polar surface area (TPSA) is 71.8 Å². The zero-order valence-corrected chi connectivity index (χ0v) is 10.9. The highest BCUT2D eigenvalue weighted by Crippen LogP contribution is 2.17. The van der Waals surface area contributed by atoms with Gasteiger partial charge in [0.05, 0.1) is 12.2 Å². The fraction of sp³-hybridized carbons (Fsp3) is 0.308. The summed E-state index contributed by atoms with van der Waals surface area (Å²) in [5.41, 5.74) is 1.45. The number of carbonyl (C=O) groups is 1. The Bertz CT molecular complexity index is 650. The largest absolute Gasteiger partial charge is 0.320 e. The third kappa shape index (κ3) is 2.39. The number of rotatable bonds is 3. The van der Waals surface area contributed by atoms with Gasteiger partial charge in [-0.1, -0.05) is 11.3 Å². The van der Waals surface area contributed by atoms with Gasteiger partial charge in [0, 0.05) is 18.8 Å². The highest BCUT2D eigenvalue weighted by molar-refractivity contribution is 6.03. The molecule has 20 heavy (non-hydrogen) atoms. The van der Waals surface area contributed by atoms with Crippen LogP contribution >= 0.6 is 0 Å². The molecule has 2 N–H and O–H groups in total. The van der Waals surface area contributed by atoms with Gasteiger partial charge in [-0.15, -0.1) is 5.10 Å². The van der Waals surface area contributed by atoms with Gasteiger partial charge in [0.1, 0.15) is 5.82 Å². The molecule has 0 aliphatic carbocycles. The summed E-state index contributed by atoms with van der Waals surface area (Å²) >= 11 is 0. The Morgan fingerprint density at radius 1 is 1.50 bits per heavy atom. The van der Waals surface area contributed by atoms with Crippen molar-refractivity contribution in [2.24, 2.45) is 0 Å². The van der Waals surface area contributed by atoms with Crippen LogP contribution in [0.25, 0.3) is 0 Å². The van der Waals surface area contributed by atoms with Crippen LogP contribution in [0.5, 0.6) is 0 Å². The second-order valence-corrected chi connectivity index (χ2v) is 4.81. The maximum Gasteiger partial charge on any atom is 0.277 e. The minimum Gasteiger partial charge on any atom is -0.320 e. The van der Waals surface area contributed by atoms with Crippen LogP contribution in [0.15, 0.2) is 24.4 Å². The molecule has 2 heterocycles. The van der Waals surface area contributed by atoms with Crippen molar-refractivity contribution in [2.75, 3.05) is 18.4 Å². The van der Waals surface area contributed by atoms with Crippen molar-refractivity contribution < 1.29 is 9.18 Å². The lowest BCUT2D eigenvalue weighted by molar-refractivity contribution is 0.102. The summed E-state index contributed by atoms with van der Waals surface area (Å²) in [6.45, 7) is 3.45. The number of nitrogens with one attached hydrogen (secondary N) is 2. The molecule has 1 aliphatic rings. The molecule has 1 amide bonds. The summed E-state index contributed by atoms with van der Waals surface area (Å²) < 4.78 is 14.8. The van der Waals surface area contributed by atoms with E-state index in [9.17, 15) is 9.18 Å². The highest BCUT2D eigenvalue weighted by Gasteiger charge is 2.21. The van der Waals surface area contributed by atoms with Crippen LogP contribution in [0, 0.1) is 12.7 Å². The van der Waals surface area contributed by atoms with Gasteiger partial charge in [-0.25, -0.2) is 9.07 Å². The van der Waals surface area contributed by atoms with Crippen LogP contribution in [-0.2, 0) is 0 Å². The molecule has 1 aromatic heterocycles. The van der Waals surface area contributed by atoms with E-state index in [1.165, 1.54) is 12.1 Å². The fourth-order valence-electron chi connectivity index (χ4n) is 1.93. The Kier molecular flexibility index (Phi) is 3.19. The minimum absolute atomic E-state index is 0.223. The molecule has 1 fully saturated rings. The second-order valence-electron chi connectivity index (χ2n) is 4.81. The zero-order valence-electron chi connectivity index (χ0n) is 10.9. The average molecular weight is 275 g/mol. The second kappa shape index (κ2) is 5.01. The van der Waals surface area contributed by atoms with E-state index < -0.39 is 11.7 Å². The molecule has 1 saturated heterocycles. The van der Waals surface area contributed by atoms with E-state index in [4.69, 9.17) is 0 Å². The smallest absolute Gasteiger partial charge is 0.277 e. The number of amides is 1. The van der Waals surface area contributed by atoms with Gasteiger partial charge >= 0.3 is 0 Å². The van der Waals surface area contributed by atoms with Crippen molar-refractivity contribution in [3.05, 3.63) is 41.5 Å². The molecule has 6 nitrogen and oxygen atoms in total. The zero-order chi connectivity index (χ0) is 14.1. The number of aryl methyl sites for hydroxylation is 1. The van der Waals surface area contributed by atoms with Crippen molar-refractivity contribution in [1.82, 2.24) is 20.3 Å². The van der Waals surface area contributed by atoms with Crippen LogP contribution in [0.2, 0.25) is 0 Å². The number of benzene rings is 1. The molecule has 0 unspecified atom stereocenters. The van der Waals surface area contributed by atoms with Crippen molar-refractivity contribution in [1.29, 1.82) is 0 Å². The lowest BCUT2D eigenvalue weighted by Gasteiger charge is -2.26. The molecular formula is C13H14FN5O. The van der Waals surface area contributed by atoms with Gasteiger partial charge in [0.15, 0.2) is 5.69 Å². The summed E-state index contributed by atoms with van der Waals surface area (Å²) in [5.74, 6) is -0.785. The Hall–Kier alpha value is -2.28. The quantitative estimate of drug-likeness (QED) is 0.880. The number of hydrogen-bond donors (Lipinski definition) is 2. The number of hydrogen-bond acceptors (Lipinski definition) is 4. The molecule has 1 aliphatic heterocycles. The predicted molar refractivity (Wildman–Crippen MR) is 71.0 cm³/mol. The van der Waals surface area contributed by atoms with E-state index in [2.05, 4.69) is 20.9 Å². The molecule has 0 atom stereocenters. The van der Waals surface area contributed by atoms with Crippen molar-refractivity contribution in [3.63, 3.8) is 0 Å². The molecule has 1 aromatic carbocycles. The third-order valence-electron chi connectivity index (χ3n) is 3.32. The van der Waals surface area contributed by atoms with Gasteiger partial charge in [-0.2, -0.15) is 0 Å². The van der Waals surface area contributed by atoms with Crippen molar-refractivity contribution >= 4 is 11.6 Å². The summed E-state index contributed by atoms with van der Waals surface area (Å²) in [6.07, 6.45) is 1.61. The minimum atomic E-state index is -0.393. The lowest BCUT2D eigenvalue weighted by atomic mass is 10.2. The molecule has 2 aromatic rings. The number of carbonyl (C=O) groups excluding carboxylic acids is 1. The summed E-state index contributed by atoms with van der Waals surface area (Å²) in [5, 5.41) is 13.5. The van der Waals surface area contributed by atoms with E-state index in [1.807, 2.05) is 0 Å². The SMILES string of the molecule is Cc1ccc(F)cc1NC(=O)c1cn(C2CNC2)nn1. The van der Waals surface area contributed by atoms with Crippen LogP contribution in [0.4, 0.5) is 10.1 Å². The summed E-state index contributed by atoms with van der Waals surface area (Å²) in [6, 6.07) is 4.50. The van der Waals surface area contributed by atoms with Gasteiger partial charge in [0.2, 0.25) is 0 Å². The number of halogens is 1. The first-order chi connectivity index (χ1) is 9.63. The molecule has 7 heteroatoms. The van der Waals surface area contributed by atoms with E-state index in [1.54, 1.807) is 23.9 Å². The molecule has 0 saturated carbocycles. The first-order valence-electron chi connectivity index (χ1n) is 6.33. The Balaban J connectivity index is 1.75. The molecule has 104 valence electrons. The van der Waals surface area contributed by atoms with E-state index in [0.717, 1.165) is 18.7 Å². The Labute approximate surface area is 115 Å². The van der Waals surface area contributed by atoms with E-state index >= 15 is 0 Å². The Morgan fingerprint density at radius 3 is 3.00 bits per heavy atom. The summed E-state index contributed by atoms with van der Waals surface area (Å²) in [7, 11) is 0. The van der Waals surface area contributed by atoms with Crippen LogP contribution in [0.3, 0.4) is 0 Å². The van der Waals surface area contributed by atoms with Crippen molar-refractivity contribution in [2.45, 2.75) is 13.0 Å². The maximum atomic E-state index is 13.2. The van der Waals surface area contributed by atoms with Crippen LogP contribution < -0.4 is 10.6 Å². The number of anilines is 1. The first kappa shape index (κ1) is 12.7. The predicted octanol–water partition coefficient (Wildman–Crippen LogP) is 1.12. The first-order valence-corrected chi connectivity index (χ1v) is 6.33. The van der Waals surface area contributed by atoms with Gasteiger partial charge in [0.25, 0.3) is 5.91 Å². The standard InChI is InChI=1S/C13H14FN5O/c1-8-2-3-9(14)4-11(8)16-13(20)12-7-19(18-17-12)10-5-15-6-10/h2-4,7,10,15H,5-6H2,1H3,(H,16,20). The highest BCUT2D eigenvalue weighted by atomic mass is 19.1. The van der Waals surface area contributed by atoms with Gasteiger partial charge < -0.3 is 10.6 Å². The van der Waals surface area contributed by atoms with E-state index in [-0.39, 0.29) is 11.7 Å². The van der Waals surface area contributed by atoms with Gasteiger partial charge in [-0.3, -0.25) is 4.79 Å². The number of aromatic nitrogens is 3. The molecule has 0 spiro atoms. The molecule has 0 radical (unpaired) electrons.